The molecule has 0 saturated heterocycles. The Morgan fingerprint density at radius 2 is 2.19 bits per heavy atom. The number of rotatable bonds is 2. The Morgan fingerprint density at radius 1 is 1.38 bits per heavy atom. The van der Waals surface area contributed by atoms with Crippen molar-refractivity contribution in [2.75, 3.05) is 7.11 Å². The first kappa shape index (κ1) is 14.3. The molecular weight excluding hydrogens is 264 g/mol. The lowest BCUT2D eigenvalue weighted by atomic mass is 9.56. The van der Waals surface area contributed by atoms with Crippen molar-refractivity contribution in [3.05, 3.63) is 34.9 Å². The highest BCUT2D eigenvalue weighted by atomic mass is 16.5. The minimum Gasteiger partial charge on any atom is -0.465 e. The van der Waals surface area contributed by atoms with Crippen molar-refractivity contribution in [1.82, 2.24) is 0 Å². The number of hydrogen-bond donors (Lipinski definition) is 0. The first-order chi connectivity index (χ1) is 10.1. The van der Waals surface area contributed by atoms with Gasteiger partial charge in [-0.15, -0.1) is 0 Å². The van der Waals surface area contributed by atoms with Gasteiger partial charge in [0.1, 0.15) is 5.78 Å². The number of ether oxygens (including phenoxy) is 1. The van der Waals surface area contributed by atoms with E-state index in [-0.39, 0.29) is 11.4 Å². The summed E-state index contributed by atoms with van der Waals surface area (Å²) in [6.07, 6.45) is 5.46. The van der Waals surface area contributed by atoms with E-state index in [9.17, 15) is 9.59 Å². The molecule has 1 aromatic rings. The Hall–Kier alpha value is -1.64. The molecule has 3 rings (SSSR count). The average Bonchev–Trinajstić information content (AvgIpc) is 2.53. The molecule has 1 aromatic carbocycles. The van der Waals surface area contributed by atoms with Crippen LogP contribution in [0.1, 0.15) is 60.5 Å². The van der Waals surface area contributed by atoms with Gasteiger partial charge in [-0.05, 0) is 60.3 Å². The second kappa shape index (κ2) is 5.28. The molecule has 2 aliphatic rings. The summed E-state index contributed by atoms with van der Waals surface area (Å²) in [4.78, 5) is 23.5. The van der Waals surface area contributed by atoms with Crippen LogP contribution in [-0.4, -0.2) is 18.9 Å². The molecule has 0 spiro atoms. The summed E-state index contributed by atoms with van der Waals surface area (Å²) in [5.41, 5.74) is 3.40. The Bertz CT molecular complexity index is 590. The molecule has 0 bridgehead atoms. The maximum Gasteiger partial charge on any atom is 0.337 e. The maximum absolute atomic E-state index is 11.8. The first-order valence-electron chi connectivity index (χ1n) is 7.84. The topological polar surface area (TPSA) is 43.4 Å². The molecule has 112 valence electrons. The van der Waals surface area contributed by atoms with E-state index < -0.39 is 0 Å². The number of benzene rings is 1. The van der Waals surface area contributed by atoms with Gasteiger partial charge in [0.2, 0.25) is 0 Å². The average molecular weight is 286 g/mol. The fourth-order valence-corrected chi connectivity index (χ4v) is 4.39. The van der Waals surface area contributed by atoms with E-state index in [4.69, 9.17) is 4.74 Å². The van der Waals surface area contributed by atoms with E-state index in [1.54, 1.807) is 0 Å². The van der Waals surface area contributed by atoms with E-state index in [0.717, 1.165) is 32.1 Å². The van der Waals surface area contributed by atoms with Gasteiger partial charge in [0.25, 0.3) is 0 Å². The molecule has 3 heteroatoms. The second-order valence-electron chi connectivity index (χ2n) is 6.35. The summed E-state index contributed by atoms with van der Waals surface area (Å²) in [6, 6.07) is 5.97. The predicted octanol–water partition coefficient (Wildman–Crippen LogP) is 3.44. The quantitative estimate of drug-likeness (QED) is 0.782. The van der Waals surface area contributed by atoms with Crippen molar-refractivity contribution in [2.24, 2.45) is 5.92 Å². The fourth-order valence-electron chi connectivity index (χ4n) is 4.39. The van der Waals surface area contributed by atoms with Crippen LogP contribution < -0.4 is 0 Å². The van der Waals surface area contributed by atoms with Crippen LogP contribution in [0.5, 0.6) is 0 Å². The number of carbonyl (C=O) groups excluding carboxylic acids is 2. The van der Waals surface area contributed by atoms with Gasteiger partial charge in [-0.3, -0.25) is 4.79 Å². The van der Waals surface area contributed by atoms with Crippen LogP contribution in [0.25, 0.3) is 0 Å². The molecule has 1 fully saturated rings. The minimum atomic E-state index is -0.274. The number of fused-ring (bicyclic) bond motifs is 3. The van der Waals surface area contributed by atoms with Gasteiger partial charge in [-0.1, -0.05) is 13.0 Å². The van der Waals surface area contributed by atoms with Crippen LogP contribution >= 0.6 is 0 Å². The van der Waals surface area contributed by atoms with E-state index in [2.05, 4.69) is 13.0 Å². The first-order valence-corrected chi connectivity index (χ1v) is 7.84. The fraction of sp³-hybridized carbons (Fsp3) is 0.556. The summed E-state index contributed by atoms with van der Waals surface area (Å²) in [6.45, 7) is 2.23. The van der Waals surface area contributed by atoms with Gasteiger partial charge in [-0.25, -0.2) is 4.79 Å². The summed E-state index contributed by atoms with van der Waals surface area (Å²) < 4.78 is 4.82. The molecule has 0 amide bonds. The number of ketones is 1. The van der Waals surface area contributed by atoms with Crippen molar-refractivity contribution < 1.29 is 14.3 Å². The van der Waals surface area contributed by atoms with Crippen molar-refractivity contribution >= 4 is 11.8 Å². The monoisotopic (exact) mass is 286 g/mol. The van der Waals surface area contributed by atoms with Crippen LogP contribution in [0, 0.1) is 5.92 Å². The Balaban J connectivity index is 2.04. The van der Waals surface area contributed by atoms with Gasteiger partial charge in [0.15, 0.2) is 0 Å². The molecule has 3 nitrogen and oxygen atoms in total. The summed E-state index contributed by atoms with van der Waals surface area (Å²) in [5, 5.41) is 0. The number of aryl methyl sites for hydroxylation is 1. The van der Waals surface area contributed by atoms with E-state index >= 15 is 0 Å². The number of methoxy groups -OCH3 is 1. The minimum absolute atomic E-state index is 0.135. The largest absolute Gasteiger partial charge is 0.465 e. The predicted molar refractivity (Wildman–Crippen MR) is 80.4 cm³/mol. The highest BCUT2D eigenvalue weighted by Gasteiger charge is 2.46. The van der Waals surface area contributed by atoms with E-state index in [1.807, 2.05) is 12.1 Å². The Labute approximate surface area is 125 Å². The molecule has 0 heterocycles. The van der Waals surface area contributed by atoms with Crippen molar-refractivity contribution in [2.45, 2.75) is 50.9 Å². The number of carbonyl (C=O) groups is 2. The second-order valence-corrected chi connectivity index (χ2v) is 6.35. The third-order valence-corrected chi connectivity index (χ3v) is 5.56. The van der Waals surface area contributed by atoms with Crippen LogP contribution in [0.4, 0.5) is 0 Å². The molecule has 0 N–H and O–H groups in total. The number of Topliss-reactive ketones (excluding diaryl/α,β-unsaturated/α-hetero) is 1. The van der Waals surface area contributed by atoms with Crippen molar-refractivity contribution in [3.63, 3.8) is 0 Å². The van der Waals surface area contributed by atoms with Crippen LogP contribution in [-0.2, 0) is 21.4 Å². The Morgan fingerprint density at radius 3 is 2.90 bits per heavy atom. The lowest BCUT2D eigenvalue weighted by Gasteiger charge is -2.48. The molecule has 2 aliphatic carbocycles. The molecule has 0 aromatic heterocycles. The van der Waals surface area contributed by atoms with Gasteiger partial charge in [0, 0.05) is 12.8 Å². The van der Waals surface area contributed by atoms with Crippen LogP contribution in [0.3, 0.4) is 0 Å². The van der Waals surface area contributed by atoms with Gasteiger partial charge in [0.05, 0.1) is 12.7 Å². The zero-order chi connectivity index (χ0) is 15.0. The normalized spacial score (nSPS) is 27.7. The molecule has 1 saturated carbocycles. The molecular formula is C18H22O3. The van der Waals surface area contributed by atoms with Crippen LogP contribution in [0.2, 0.25) is 0 Å². The van der Waals surface area contributed by atoms with Crippen LogP contribution in [0.15, 0.2) is 18.2 Å². The summed E-state index contributed by atoms with van der Waals surface area (Å²) in [7, 11) is 1.41. The Kier molecular flexibility index (Phi) is 3.60. The third kappa shape index (κ3) is 2.19. The SMILES string of the molecule is CC[C@@]12CCC(=O)C[C@@H]1CCc1cc(C(=O)OC)ccc12. The van der Waals surface area contributed by atoms with E-state index in [1.165, 1.54) is 18.2 Å². The van der Waals surface area contributed by atoms with E-state index in [0.29, 0.717) is 23.7 Å². The molecule has 21 heavy (non-hydrogen) atoms. The summed E-state index contributed by atoms with van der Waals surface area (Å²) >= 11 is 0. The van der Waals surface area contributed by atoms with Crippen molar-refractivity contribution in [1.29, 1.82) is 0 Å². The molecule has 0 aliphatic heterocycles. The van der Waals surface area contributed by atoms with Gasteiger partial charge in [-0.2, -0.15) is 0 Å². The van der Waals surface area contributed by atoms with Crippen molar-refractivity contribution in [3.8, 4) is 0 Å². The summed E-state index contributed by atoms with van der Waals surface area (Å²) in [5.74, 6) is 0.614. The lowest BCUT2D eigenvalue weighted by Crippen LogP contribution is -2.43. The smallest absolute Gasteiger partial charge is 0.337 e. The van der Waals surface area contributed by atoms with Gasteiger partial charge >= 0.3 is 5.97 Å². The zero-order valence-electron chi connectivity index (χ0n) is 12.8. The highest BCUT2D eigenvalue weighted by molar-refractivity contribution is 5.89. The maximum atomic E-state index is 11.8. The zero-order valence-corrected chi connectivity index (χ0v) is 12.8. The highest BCUT2D eigenvalue weighted by Crippen LogP contribution is 2.51. The molecule has 0 radical (unpaired) electrons. The number of hydrogen-bond acceptors (Lipinski definition) is 3. The molecule has 2 atom stereocenters. The van der Waals surface area contributed by atoms with Gasteiger partial charge < -0.3 is 4.74 Å². The number of esters is 1. The third-order valence-electron chi connectivity index (χ3n) is 5.56. The lowest BCUT2D eigenvalue weighted by molar-refractivity contribution is -0.123. The molecule has 0 unspecified atom stereocenters. The standard InChI is InChI=1S/C18H22O3/c1-3-18-9-8-15(19)11-14(18)6-4-12-10-13(17(20)21-2)5-7-16(12)18/h5,7,10,14H,3-4,6,8-9,11H2,1-2H3/t14-,18+/m0/s1.